The van der Waals surface area contributed by atoms with Crippen molar-refractivity contribution in [3.05, 3.63) is 93.4 Å². The first-order valence-electron chi connectivity index (χ1n) is 11.1. The Bertz CT molecular complexity index is 997. The van der Waals surface area contributed by atoms with Gasteiger partial charge in [-0.3, -0.25) is 4.90 Å². The van der Waals surface area contributed by atoms with Crippen LogP contribution in [0.2, 0.25) is 0 Å². The molecule has 0 saturated carbocycles. The third-order valence-electron chi connectivity index (χ3n) is 5.66. The fraction of sp³-hybridized carbons (Fsp3) is 0.346. The van der Waals surface area contributed by atoms with Gasteiger partial charge < -0.3 is 9.47 Å². The summed E-state index contributed by atoms with van der Waals surface area (Å²) in [6.45, 7) is 4.90. The second kappa shape index (κ2) is 10.9. The molecule has 0 amide bonds. The standard InChI is InChI=1S/C26H28FNO3S/c1-2-30-26(29)24-13-12-23(32-24)18-28-16-14-22(15-17-28)31-25(19-6-4-3-5-7-19)20-8-10-21(27)11-9-20/h3-13,22,25H,2,14-18H2,1H3. The van der Waals surface area contributed by atoms with Crippen LogP contribution in [0.1, 0.15) is 51.5 Å². The van der Waals surface area contributed by atoms with Crippen molar-refractivity contribution in [2.75, 3.05) is 19.7 Å². The number of ether oxygens (including phenoxy) is 2. The Morgan fingerprint density at radius 3 is 2.41 bits per heavy atom. The van der Waals surface area contributed by atoms with Gasteiger partial charge in [-0.2, -0.15) is 0 Å². The number of rotatable bonds is 8. The zero-order valence-corrected chi connectivity index (χ0v) is 19.0. The molecule has 1 saturated heterocycles. The van der Waals surface area contributed by atoms with Crippen LogP contribution in [0, 0.1) is 5.82 Å². The summed E-state index contributed by atoms with van der Waals surface area (Å²) in [5, 5.41) is 0. The summed E-state index contributed by atoms with van der Waals surface area (Å²) < 4.78 is 25.1. The highest BCUT2D eigenvalue weighted by Crippen LogP contribution is 2.31. The second-order valence-corrected chi connectivity index (χ2v) is 9.11. The number of hydrogen-bond acceptors (Lipinski definition) is 5. The van der Waals surface area contributed by atoms with E-state index in [1.807, 2.05) is 37.3 Å². The quantitative estimate of drug-likeness (QED) is 0.402. The van der Waals surface area contributed by atoms with Crippen molar-refractivity contribution >= 4 is 17.3 Å². The van der Waals surface area contributed by atoms with Crippen molar-refractivity contribution in [1.82, 2.24) is 4.90 Å². The maximum atomic E-state index is 13.4. The smallest absolute Gasteiger partial charge is 0.348 e. The molecule has 6 heteroatoms. The molecule has 0 bridgehead atoms. The van der Waals surface area contributed by atoms with E-state index in [0.717, 1.165) is 43.6 Å². The molecule has 1 aromatic heterocycles. The minimum Gasteiger partial charge on any atom is -0.462 e. The molecule has 1 unspecified atom stereocenters. The zero-order valence-electron chi connectivity index (χ0n) is 18.2. The van der Waals surface area contributed by atoms with Gasteiger partial charge >= 0.3 is 5.97 Å². The first-order valence-corrected chi connectivity index (χ1v) is 11.9. The number of thiophene rings is 1. The Kier molecular flexibility index (Phi) is 7.68. The van der Waals surface area contributed by atoms with Gasteiger partial charge in [-0.15, -0.1) is 11.3 Å². The predicted octanol–water partition coefficient (Wildman–Crippen LogP) is 5.83. The lowest BCUT2D eigenvalue weighted by Gasteiger charge is -2.34. The van der Waals surface area contributed by atoms with Crippen molar-refractivity contribution in [2.24, 2.45) is 0 Å². The number of nitrogens with zero attached hydrogens (tertiary/aromatic N) is 1. The monoisotopic (exact) mass is 453 g/mol. The van der Waals surface area contributed by atoms with Crippen LogP contribution in [0.3, 0.4) is 0 Å². The highest BCUT2D eigenvalue weighted by Gasteiger charge is 2.25. The van der Waals surface area contributed by atoms with E-state index in [4.69, 9.17) is 9.47 Å². The number of benzene rings is 2. The van der Waals surface area contributed by atoms with Gasteiger partial charge in [0.05, 0.1) is 12.7 Å². The van der Waals surface area contributed by atoms with Crippen LogP contribution in [0.15, 0.2) is 66.7 Å². The molecule has 1 fully saturated rings. The molecular weight excluding hydrogens is 425 g/mol. The minimum atomic E-state index is -0.247. The van der Waals surface area contributed by atoms with Crippen molar-refractivity contribution < 1.29 is 18.7 Å². The summed E-state index contributed by atoms with van der Waals surface area (Å²) in [6, 6.07) is 20.6. The SMILES string of the molecule is CCOC(=O)c1ccc(CN2CCC(OC(c3ccccc3)c3ccc(F)cc3)CC2)s1. The molecule has 3 aromatic rings. The van der Waals surface area contributed by atoms with Gasteiger partial charge in [0.1, 0.15) is 16.8 Å². The molecular formula is C26H28FNO3S. The highest BCUT2D eigenvalue weighted by molar-refractivity contribution is 7.13. The summed E-state index contributed by atoms with van der Waals surface area (Å²) in [4.78, 5) is 16.1. The van der Waals surface area contributed by atoms with Crippen molar-refractivity contribution in [3.63, 3.8) is 0 Å². The maximum Gasteiger partial charge on any atom is 0.348 e. The van der Waals surface area contributed by atoms with E-state index in [9.17, 15) is 9.18 Å². The third kappa shape index (κ3) is 5.82. The molecule has 2 heterocycles. The average molecular weight is 454 g/mol. The Hall–Kier alpha value is -2.54. The second-order valence-electron chi connectivity index (χ2n) is 7.94. The normalized spacial score (nSPS) is 16.1. The highest BCUT2D eigenvalue weighted by atomic mass is 32.1. The predicted molar refractivity (Wildman–Crippen MR) is 124 cm³/mol. The maximum absolute atomic E-state index is 13.4. The molecule has 0 radical (unpaired) electrons. The van der Waals surface area contributed by atoms with Crippen molar-refractivity contribution in [3.8, 4) is 0 Å². The fourth-order valence-electron chi connectivity index (χ4n) is 4.01. The van der Waals surface area contributed by atoms with E-state index in [0.29, 0.717) is 11.5 Å². The number of halogens is 1. The van der Waals surface area contributed by atoms with E-state index < -0.39 is 0 Å². The molecule has 0 N–H and O–H groups in total. The third-order valence-corrected chi connectivity index (χ3v) is 6.71. The summed E-state index contributed by atoms with van der Waals surface area (Å²) in [6.07, 6.45) is 1.79. The Balaban J connectivity index is 1.35. The molecule has 1 aliphatic rings. The summed E-state index contributed by atoms with van der Waals surface area (Å²) in [5.41, 5.74) is 2.04. The van der Waals surface area contributed by atoms with E-state index in [-0.39, 0.29) is 24.0 Å². The van der Waals surface area contributed by atoms with Crippen LogP contribution in [0.4, 0.5) is 4.39 Å². The Labute approximate surface area is 192 Å². The number of likely N-dealkylation sites (tertiary alicyclic amines) is 1. The molecule has 1 aliphatic heterocycles. The van der Waals surface area contributed by atoms with E-state index in [1.165, 1.54) is 28.3 Å². The van der Waals surface area contributed by atoms with Gasteiger partial charge in [0.2, 0.25) is 0 Å². The minimum absolute atomic E-state index is 0.139. The van der Waals surface area contributed by atoms with Gasteiger partial charge in [-0.1, -0.05) is 42.5 Å². The van der Waals surface area contributed by atoms with Crippen LogP contribution in [0.25, 0.3) is 0 Å². The lowest BCUT2D eigenvalue weighted by atomic mass is 10.00. The summed E-state index contributed by atoms with van der Waals surface area (Å²) in [5.74, 6) is -0.489. The Morgan fingerprint density at radius 2 is 1.72 bits per heavy atom. The Morgan fingerprint density at radius 1 is 1.03 bits per heavy atom. The van der Waals surface area contributed by atoms with Gasteiger partial charge in [0, 0.05) is 24.5 Å². The van der Waals surface area contributed by atoms with Gasteiger partial charge in [-0.25, -0.2) is 9.18 Å². The van der Waals surface area contributed by atoms with E-state index in [1.54, 1.807) is 12.1 Å². The van der Waals surface area contributed by atoms with Crippen LogP contribution in [0.5, 0.6) is 0 Å². The van der Waals surface area contributed by atoms with Gasteiger partial charge in [0.15, 0.2) is 0 Å². The van der Waals surface area contributed by atoms with Gasteiger partial charge in [0.25, 0.3) is 0 Å². The lowest BCUT2D eigenvalue weighted by Crippen LogP contribution is -2.37. The van der Waals surface area contributed by atoms with E-state index in [2.05, 4.69) is 17.0 Å². The van der Waals surface area contributed by atoms with Crippen LogP contribution >= 0.6 is 11.3 Å². The number of carbonyl (C=O) groups excluding carboxylic acids is 1. The fourth-order valence-corrected chi connectivity index (χ4v) is 4.95. The summed E-state index contributed by atoms with van der Waals surface area (Å²) in [7, 11) is 0. The zero-order chi connectivity index (χ0) is 22.3. The van der Waals surface area contributed by atoms with Crippen LogP contribution < -0.4 is 0 Å². The van der Waals surface area contributed by atoms with Crippen molar-refractivity contribution in [1.29, 1.82) is 0 Å². The molecule has 1 atom stereocenters. The molecule has 2 aromatic carbocycles. The first-order chi connectivity index (χ1) is 15.6. The average Bonchev–Trinajstić information content (AvgIpc) is 3.29. The van der Waals surface area contributed by atoms with Crippen LogP contribution in [-0.2, 0) is 16.0 Å². The molecule has 4 nitrogen and oxygen atoms in total. The molecule has 0 aliphatic carbocycles. The number of carbonyl (C=O) groups is 1. The number of esters is 1. The lowest BCUT2D eigenvalue weighted by molar-refractivity contribution is -0.0280. The molecule has 0 spiro atoms. The van der Waals surface area contributed by atoms with Crippen molar-refractivity contribution in [2.45, 2.75) is 38.5 Å². The first kappa shape index (κ1) is 22.6. The number of piperidine rings is 1. The van der Waals surface area contributed by atoms with Gasteiger partial charge in [-0.05, 0) is 55.2 Å². The van der Waals surface area contributed by atoms with E-state index >= 15 is 0 Å². The topological polar surface area (TPSA) is 38.8 Å². The van der Waals surface area contributed by atoms with Crippen LogP contribution in [-0.4, -0.2) is 36.7 Å². The molecule has 4 rings (SSSR count). The number of hydrogen-bond donors (Lipinski definition) is 0. The largest absolute Gasteiger partial charge is 0.462 e. The summed E-state index contributed by atoms with van der Waals surface area (Å²) >= 11 is 1.50. The molecule has 168 valence electrons. The molecule has 32 heavy (non-hydrogen) atoms.